The molecule has 138 valence electrons. The summed E-state index contributed by atoms with van der Waals surface area (Å²) in [5, 5.41) is 1.69. The third-order valence-corrected chi connectivity index (χ3v) is 6.30. The second-order valence-corrected chi connectivity index (χ2v) is 8.43. The molecule has 1 heterocycles. The Morgan fingerprint density at radius 1 is 1.23 bits per heavy atom. The van der Waals surface area contributed by atoms with E-state index in [2.05, 4.69) is 56.8 Å². The van der Waals surface area contributed by atoms with Crippen LogP contribution in [0.4, 0.5) is 0 Å². The maximum absolute atomic E-state index is 5.88. The molecule has 0 N–H and O–H groups in total. The van der Waals surface area contributed by atoms with Crippen LogP contribution in [0.5, 0.6) is 0 Å². The third kappa shape index (κ3) is 4.99. The largest absolute Gasteiger partial charge is 0.377 e. The smallest absolute Gasteiger partial charge is 0.0984 e. The quantitative estimate of drug-likeness (QED) is 0.562. The number of benzene rings is 1. The highest BCUT2D eigenvalue weighted by Gasteiger charge is 2.26. The molecule has 1 aromatic carbocycles. The molecular weight excluding hydrogens is 338 g/mol. The molecule has 26 heavy (non-hydrogen) atoms. The van der Waals surface area contributed by atoms with Crippen LogP contribution in [0.15, 0.2) is 65.2 Å². The predicted molar refractivity (Wildman–Crippen MR) is 114 cm³/mol. The van der Waals surface area contributed by atoms with E-state index in [1.165, 1.54) is 46.6 Å². The molecule has 2 nitrogen and oxygen atoms in total. The van der Waals surface area contributed by atoms with Crippen LogP contribution in [0.25, 0.3) is 0 Å². The van der Waals surface area contributed by atoms with E-state index < -0.39 is 0 Å². The Morgan fingerprint density at radius 2 is 2.00 bits per heavy atom. The van der Waals surface area contributed by atoms with Crippen molar-refractivity contribution in [2.75, 3.05) is 13.2 Å². The van der Waals surface area contributed by atoms with Gasteiger partial charge in [-0.2, -0.15) is 0 Å². The first-order chi connectivity index (χ1) is 12.7. The molecule has 2 unspecified atom stereocenters. The molecule has 0 amide bonds. The van der Waals surface area contributed by atoms with Gasteiger partial charge in [-0.1, -0.05) is 61.6 Å². The normalized spacial score (nSPS) is 25.8. The van der Waals surface area contributed by atoms with Gasteiger partial charge in [-0.05, 0) is 43.8 Å². The lowest BCUT2D eigenvalue weighted by Crippen LogP contribution is -2.16. The fraction of sp³-hybridized carbons (Fsp3) is 0.435. The fourth-order valence-corrected chi connectivity index (χ4v) is 4.66. The number of allylic oxidation sites excluding steroid dienone is 4. The SMILES string of the molecule is C=C/C=C1/CCC/C1=C/COCCC1N=C(c2ccc(C)cc2)SC1C. The van der Waals surface area contributed by atoms with E-state index in [0.717, 1.165) is 13.0 Å². The molecule has 2 aliphatic rings. The van der Waals surface area contributed by atoms with Crippen molar-refractivity contribution < 1.29 is 4.74 Å². The van der Waals surface area contributed by atoms with E-state index >= 15 is 0 Å². The molecule has 0 aromatic heterocycles. The Labute approximate surface area is 162 Å². The average Bonchev–Trinajstić information content (AvgIpc) is 3.22. The molecule has 0 radical (unpaired) electrons. The van der Waals surface area contributed by atoms with E-state index in [4.69, 9.17) is 9.73 Å². The molecule has 3 heteroatoms. The molecule has 1 aliphatic heterocycles. The molecule has 1 fully saturated rings. The van der Waals surface area contributed by atoms with Gasteiger partial charge in [0.15, 0.2) is 0 Å². The zero-order chi connectivity index (χ0) is 18.4. The lowest BCUT2D eigenvalue weighted by molar-refractivity contribution is 0.154. The molecule has 1 aromatic rings. The standard InChI is InChI=1S/C23H29NOS/c1-4-6-19-7-5-8-20(19)13-15-25-16-14-22-18(3)26-23(24-22)21-11-9-17(2)10-12-21/h4,6,9-13,18,22H,1,5,7-8,14-16H2,2-3H3/b19-6-,20-13-. The van der Waals surface area contributed by atoms with Crippen molar-refractivity contribution in [3.63, 3.8) is 0 Å². The van der Waals surface area contributed by atoms with Gasteiger partial charge in [-0.3, -0.25) is 4.99 Å². The van der Waals surface area contributed by atoms with Crippen molar-refractivity contribution in [3.8, 4) is 0 Å². The number of ether oxygens (including phenoxy) is 1. The summed E-state index contributed by atoms with van der Waals surface area (Å²) in [6.45, 7) is 9.66. The lowest BCUT2D eigenvalue weighted by atomic mass is 10.1. The number of aliphatic imine (C=N–C) groups is 1. The Hall–Kier alpha value is -1.58. The molecule has 2 atom stereocenters. The molecule has 0 saturated heterocycles. The summed E-state index contributed by atoms with van der Waals surface area (Å²) in [5.74, 6) is 0. The minimum absolute atomic E-state index is 0.353. The Morgan fingerprint density at radius 3 is 2.77 bits per heavy atom. The molecule has 3 rings (SSSR count). The number of hydrogen-bond acceptors (Lipinski definition) is 3. The van der Waals surface area contributed by atoms with Gasteiger partial charge in [0.25, 0.3) is 0 Å². The number of rotatable bonds is 7. The van der Waals surface area contributed by atoms with Gasteiger partial charge in [0.2, 0.25) is 0 Å². The average molecular weight is 368 g/mol. The predicted octanol–water partition coefficient (Wildman–Crippen LogP) is 5.87. The van der Waals surface area contributed by atoms with Gasteiger partial charge in [-0.15, -0.1) is 11.8 Å². The van der Waals surface area contributed by atoms with Crippen LogP contribution < -0.4 is 0 Å². The number of nitrogens with zero attached hydrogens (tertiary/aromatic N) is 1. The van der Waals surface area contributed by atoms with Gasteiger partial charge in [0, 0.05) is 17.4 Å². The molecule has 1 saturated carbocycles. The Balaban J connectivity index is 1.47. The first kappa shape index (κ1) is 19.2. The maximum Gasteiger partial charge on any atom is 0.0984 e. The van der Waals surface area contributed by atoms with Gasteiger partial charge >= 0.3 is 0 Å². The number of hydrogen-bond donors (Lipinski definition) is 0. The van der Waals surface area contributed by atoms with Crippen LogP contribution in [0, 0.1) is 6.92 Å². The first-order valence-electron chi connectivity index (χ1n) is 9.57. The second-order valence-electron chi connectivity index (χ2n) is 7.06. The van der Waals surface area contributed by atoms with Crippen LogP contribution in [0.1, 0.15) is 43.7 Å². The topological polar surface area (TPSA) is 21.6 Å². The lowest BCUT2D eigenvalue weighted by Gasteiger charge is -2.11. The number of thioether (sulfide) groups is 1. The first-order valence-corrected chi connectivity index (χ1v) is 10.5. The summed E-state index contributed by atoms with van der Waals surface area (Å²) in [6.07, 6.45) is 10.8. The van der Waals surface area contributed by atoms with Crippen molar-refractivity contribution in [2.45, 2.75) is 50.8 Å². The van der Waals surface area contributed by atoms with Gasteiger partial charge in [0.1, 0.15) is 0 Å². The van der Waals surface area contributed by atoms with E-state index in [-0.39, 0.29) is 0 Å². The van der Waals surface area contributed by atoms with Crippen LogP contribution >= 0.6 is 11.8 Å². The third-order valence-electron chi connectivity index (χ3n) is 5.05. The minimum atomic E-state index is 0.353. The molecule has 1 aliphatic carbocycles. The highest BCUT2D eigenvalue weighted by atomic mass is 32.2. The van der Waals surface area contributed by atoms with Gasteiger partial charge in [-0.25, -0.2) is 0 Å². The Bertz CT molecular complexity index is 714. The monoisotopic (exact) mass is 367 g/mol. The van der Waals surface area contributed by atoms with Crippen LogP contribution in [0.3, 0.4) is 0 Å². The maximum atomic E-state index is 5.88. The molecular formula is C23H29NOS. The van der Waals surface area contributed by atoms with E-state index in [1.54, 1.807) is 0 Å². The molecule has 0 bridgehead atoms. The summed E-state index contributed by atoms with van der Waals surface area (Å²) in [6, 6.07) is 9.02. The fourth-order valence-electron chi connectivity index (χ4n) is 3.48. The van der Waals surface area contributed by atoms with Crippen molar-refractivity contribution in [2.24, 2.45) is 4.99 Å². The summed E-state index contributed by atoms with van der Waals surface area (Å²) in [4.78, 5) is 4.94. The molecule has 0 spiro atoms. The van der Waals surface area contributed by atoms with Crippen LogP contribution in [-0.2, 0) is 4.74 Å². The summed E-state index contributed by atoms with van der Waals surface area (Å²) in [7, 11) is 0. The zero-order valence-electron chi connectivity index (χ0n) is 15.9. The Kier molecular flexibility index (Phi) is 6.93. The highest BCUT2D eigenvalue weighted by molar-refractivity contribution is 8.15. The van der Waals surface area contributed by atoms with Crippen molar-refractivity contribution in [1.82, 2.24) is 0 Å². The van der Waals surface area contributed by atoms with Crippen LogP contribution in [-0.4, -0.2) is 29.5 Å². The van der Waals surface area contributed by atoms with Gasteiger partial charge in [0.05, 0.1) is 17.7 Å². The van der Waals surface area contributed by atoms with Crippen molar-refractivity contribution in [1.29, 1.82) is 0 Å². The van der Waals surface area contributed by atoms with E-state index in [9.17, 15) is 0 Å². The van der Waals surface area contributed by atoms with E-state index in [0.29, 0.717) is 17.9 Å². The van der Waals surface area contributed by atoms with Crippen LogP contribution in [0.2, 0.25) is 0 Å². The summed E-state index contributed by atoms with van der Waals surface area (Å²) in [5.41, 5.74) is 5.40. The van der Waals surface area contributed by atoms with Crippen molar-refractivity contribution in [3.05, 3.63) is 71.3 Å². The number of aryl methyl sites for hydroxylation is 1. The second kappa shape index (κ2) is 9.38. The summed E-state index contributed by atoms with van der Waals surface area (Å²) >= 11 is 1.89. The zero-order valence-corrected chi connectivity index (χ0v) is 16.7. The van der Waals surface area contributed by atoms with Gasteiger partial charge < -0.3 is 4.74 Å². The summed E-state index contributed by atoms with van der Waals surface area (Å²) < 4.78 is 5.88. The van der Waals surface area contributed by atoms with E-state index in [1.807, 2.05) is 17.8 Å². The highest BCUT2D eigenvalue weighted by Crippen LogP contribution is 2.32. The minimum Gasteiger partial charge on any atom is -0.377 e. The van der Waals surface area contributed by atoms with Crippen molar-refractivity contribution >= 4 is 16.8 Å².